The smallest absolute Gasteiger partial charge is 0.332 e. The number of aromatic nitrogens is 2. The van der Waals surface area contributed by atoms with Crippen LogP contribution in [0.3, 0.4) is 0 Å². The Hall–Kier alpha value is -2.29. The van der Waals surface area contributed by atoms with E-state index in [9.17, 15) is 19.1 Å². The molecule has 2 aromatic heterocycles. The van der Waals surface area contributed by atoms with Gasteiger partial charge in [0.2, 0.25) is 0 Å². The predicted molar refractivity (Wildman–Crippen MR) is 106 cm³/mol. The molecule has 1 aliphatic heterocycles. The molecule has 4 rings (SSSR count). The number of fused-ring (bicyclic) bond motifs is 3. The maximum atomic E-state index is 13.2. The molecule has 1 aliphatic rings. The van der Waals surface area contributed by atoms with Crippen LogP contribution in [0.4, 0.5) is 4.39 Å². The van der Waals surface area contributed by atoms with Crippen LogP contribution in [-0.2, 0) is 30.9 Å². The highest BCUT2D eigenvalue weighted by atomic mass is 32.1. The molecule has 0 atom stereocenters. The van der Waals surface area contributed by atoms with Gasteiger partial charge in [-0.15, -0.1) is 11.3 Å². The maximum Gasteiger partial charge on any atom is 0.332 e. The van der Waals surface area contributed by atoms with Gasteiger partial charge in [0.1, 0.15) is 10.6 Å². The number of hydrogen-bond acceptors (Lipinski definition) is 5. The second-order valence-corrected chi connectivity index (χ2v) is 8.67. The Balaban J connectivity index is 1.98. The van der Waals surface area contributed by atoms with Crippen LogP contribution in [0.2, 0.25) is 0 Å². The van der Waals surface area contributed by atoms with Gasteiger partial charge in [-0.1, -0.05) is 12.1 Å². The van der Waals surface area contributed by atoms with Gasteiger partial charge in [0.15, 0.2) is 0 Å². The normalized spacial score (nSPS) is 15.7. The lowest BCUT2D eigenvalue weighted by molar-refractivity contribution is -0.0379. The van der Waals surface area contributed by atoms with Crippen LogP contribution < -0.4 is 11.2 Å². The molecule has 1 aromatic carbocycles. The molecule has 3 aromatic rings. The van der Waals surface area contributed by atoms with Crippen LogP contribution in [0.25, 0.3) is 10.2 Å². The third-order valence-corrected chi connectivity index (χ3v) is 6.24. The third-order valence-electron chi connectivity index (χ3n) is 5.01. The molecule has 0 unspecified atom stereocenters. The fourth-order valence-electron chi connectivity index (χ4n) is 3.61. The Labute approximate surface area is 164 Å². The molecule has 0 saturated carbocycles. The Bertz CT molecular complexity index is 1160. The van der Waals surface area contributed by atoms with Gasteiger partial charge in [0, 0.05) is 11.3 Å². The molecule has 148 valence electrons. The highest BCUT2D eigenvalue weighted by molar-refractivity contribution is 7.18. The lowest BCUT2D eigenvalue weighted by atomic mass is 9.94. The van der Waals surface area contributed by atoms with Gasteiger partial charge in [-0.05, 0) is 37.1 Å². The van der Waals surface area contributed by atoms with E-state index in [2.05, 4.69) is 0 Å². The average Bonchev–Trinajstić information content (AvgIpc) is 3.01. The molecule has 0 spiro atoms. The summed E-state index contributed by atoms with van der Waals surface area (Å²) in [6.07, 6.45) is 0.575. The van der Waals surface area contributed by atoms with E-state index < -0.39 is 11.3 Å². The van der Waals surface area contributed by atoms with Crippen LogP contribution in [0.15, 0.2) is 33.9 Å². The van der Waals surface area contributed by atoms with Crippen molar-refractivity contribution in [3.05, 3.63) is 66.9 Å². The number of halogens is 1. The Kier molecular flexibility index (Phi) is 4.73. The summed E-state index contributed by atoms with van der Waals surface area (Å²) in [6.45, 7) is 4.18. The molecule has 0 radical (unpaired) electrons. The summed E-state index contributed by atoms with van der Waals surface area (Å²) >= 11 is 1.39. The van der Waals surface area contributed by atoms with Gasteiger partial charge in [-0.2, -0.15) is 0 Å². The first kappa shape index (κ1) is 19.0. The lowest BCUT2D eigenvalue weighted by Crippen LogP contribution is -2.41. The van der Waals surface area contributed by atoms with Crippen molar-refractivity contribution in [2.75, 3.05) is 6.61 Å². The minimum absolute atomic E-state index is 0.0679. The van der Waals surface area contributed by atoms with E-state index in [1.807, 2.05) is 13.8 Å². The Morgan fingerprint density at radius 2 is 1.93 bits per heavy atom. The number of rotatable bonds is 4. The minimum Gasteiger partial charge on any atom is -0.395 e. The van der Waals surface area contributed by atoms with Gasteiger partial charge in [0.05, 0.1) is 37.3 Å². The number of nitrogens with zero attached hydrogens (tertiary/aromatic N) is 2. The van der Waals surface area contributed by atoms with Crippen molar-refractivity contribution >= 4 is 21.6 Å². The second kappa shape index (κ2) is 6.95. The fraction of sp³-hybridized carbons (Fsp3) is 0.400. The first-order valence-electron chi connectivity index (χ1n) is 9.08. The minimum atomic E-state index is -0.477. The Morgan fingerprint density at radius 1 is 1.21 bits per heavy atom. The summed E-state index contributed by atoms with van der Waals surface area (Å²) in [5.74, 6) is -0.350. The lowest BCUT2D eigenvalue weighted by Gasteiger charge is -2.29. The van der Waals surface area contributed by atoms with Crippen molar-refractivity contribution in [3.8, 4) is 0 Å². The van der Waals surface area contributed by atoms with Crippen molar-refractivity contribution in [1.82, 2.24) is 9.13 Å². The van der Waals surface area contributed by atoms with Crippen molar-refractivity contribution in [2.24, 2.45) is 0 Å². The second-order valence-electron chi connectivity index (χ2n) is 7.58. The van der Waals surface area contributed by atoms with Crippen LogP contribution in [0, 0.1) is 5.82 Å². The SMILES string of the molecule is CC1(C)Cc2c(sc3c2c(=O)n(CCO)c(=O)n3Cc2ccc(F)cc2)CO1. The number of benzene rings is 1. The van der Waals surface area contributed by atoms with Crippen LogP contribution in [0.1, 0.15) is 29.9 Å². The first-order chi connectivity index (χ1) is 13.3. The topological polar surface area (TPSA) is 73.5 Å². The predicted octanol–water partition coefficient (Wildman–Crippen LogP) is 2.26. The largest absolute Gasteiger partial charge is 0.395 e. The molecule has 3 heterocycles. The van der Waals surface area contributed by atoms with Gasteiger partial charge < -0.3 is 9.84 Å². The molecule has 0 bridgehead atoms. The molecular formula is C20H21FN2O4S. The number of aliphatic hydroxyl groups excluding tert-OH is 1. The Morgan fingerprint density at radius 3 is 2.61 bits per heavy atom. The van der Waals surface area contributed by atoms with Crippen LogP contribution in [0.5, 0.6) is 0 Å². The molecule has 28 heavy (non-hydrogen) atoms. The highest BCUT2D eigenvalue weighted by Crippen LogP contribution is 2.37. The zero-order valence-electron chi connectivity index (χ0n) is 15.7. The maximum absolute atomic E-state index is 13.2. The summed E-state index contributed by atoms with van der Waals surface area (Å²) in [6, 6.07) is 5.93. The van der Waals surface area contributed by atoms with Crippen LogP contribution in [-0.4, -0.2) is 26.4 Å². The molecule has 0 amide bonds. The highest BCUT2D eigenvalue weighted by Gasteiger charge is 2.31. The van der Waals surface area contributed by atoms with E-state index in [1.165, 1.54) is 28.0 Å². The summed E-state index contributed by atoms with van der Waals surface area (Å²) < 4.78 is 21.7. The number of thiophene rings is 1. The van der Waals surface area contributed by atoms with Gasteiger partial charge in [-0.3, -0.25) is 13.9 Å². The zero-order valence-corrected chi connectivity index (χ0v) is 16.5. The van der Waals surface area contributed by atoms with Crippen molar-refractivity contribution < 1.29 is 14.2 Å². The van der Waals surface area contributed by atoms with E-state index in [0.29, 0.717) is 23.2 Å². The van der Waals surface area contributed by atoms with Gasteiger partial charge in [-0.25, -0.2) is 9.18 Å². The number of ether oxygens (including phenoxy) is 1. The summed E-state index contributed by atoms with van der Waals surface area (Å²) in [5, 5.41) is 9.88. The van der Waals surface area contributed by atoms with E-state index in [-0.39, 0.29) is 31.1 Å². The first-order valence-corrected chi connectivity index (χ1v) is 9.89. The molecular weight excluding hydrogens is 383 g/mol. The molecule has 0 saturated heterocycles. The standard InChI is InChI=1S/C20H21FN2O4S/c1-20(2)9-14-15(11-27-20)28-18-16(14)17(25)22(7-8-24)19(26)23(18)10-12-3-5-13(21)6-4-12/h3-6,24H,7-11H2,1-2H3. The van der Waals surface area contributed by atoms with Gasteiger partial charge in [0.25, 0.3) is 5.56 Å². The summed E-state index contributed by atoms with van der Waals surface area (Å²) in [4.78, 5) is 27.7. The summed E-state index contributed by atoms with van der Waals surface area (Å²) in [7, 11) is 0. The number of hydrogen-bond donors (Lipinski definition) is 1. The van der Waals surface area contributed by atoms with Crippen molar-refractivity contribution in [1.29, 1.82) is 0 Å². The zero-order chi connectivity index (χ0) is 20.1. The van der Waals surface area contributed by atoms with E-state index in [4.69, 9.17) is 4.74 Å². The van der Waals surface area contributed by atoms with E-state index in [0.717, 1.165) is 20.6 Å². The fourth-order valence-corrected chi connectivity index (χ4v) is 4.83. The van der Waals surface area contributed by atoms with Gasteiger partial charge >= 0.3 is 5.69 Å². The van der Waals surface area contributed by atoms with Crippen molar-refractivity contribution in [3.63, 3.8) is 0 Å². The van der Waals surface area contributed by atoms with Crippen molar-refractivity contribution in [2.45, 2.75) is 45.6 Å². The van der Waals surface area contributed by atoms with E-state index >= 15 is 0 Å². The van der Waals surface area contributed by atoms with E-state index in [1.54, 1.807) is 12.1 Å². The summed E-state index contributed by atoms with van der Waals surface area (Å²) in [5.41, 5.74) is 0.421. The van der Waals surface area contributed by atoms with Crippen LogP contribution >= 0.6 is 11.3 Å². The number of aliphatic hydroxyl groups is 1. The monoisotopic (exact) mass is 404 g/mol. The molecule has 0 fully saturated rings. The quantitative estimate of drug-likeness (QED) is 0.724. The molecule has 6 nitrogen and oxygen atoms in total. The molecule has 1 N–H and O–H groups in total. The molecule has 8 heteroatoms. The average molecular weight is 404 g/mol. The molecule has 0 aliphatic carbocycles. The third kappa shape index (κ3) is 3.21.